The molecule has 128 valence electrons. The predicted molar refractivity (Wildman–Crippen MR) is 106 cm³/mol. The molecule has 0 spiro atoms. The highest BCUT2D eigenvalue weighted by Crippen LogP contribution is 2.42. The highest BCUT2D eigenvalue weighted by molar-refractivity contribution is 14.1. The minimum atomic E-state index is -0.495. The zero-order valence-corrected chi connectivity index (χ0v) is 18.0. The van der Waals surface area contributed by atoms with Crippen LogP contribution >= 0.6 is 45.2 Å². The molecule has 0 aromatic rings. The van der Waals surface area contributed by atoms with Crippen molar-refractivity contribution in [3.8, 4) is 0 Å². The van der Waals surface area contributed by atoms with E-state index in [-0.39, 0.29) is 0 Å². The van der Waals surface area contributed by atoms with Gasteiger partial charge in [0.15, 0.2) is 7.22 Å². The van der Waals surface area contributed by atoms with Crippen LogP contribution in [0.4, 0.5) is 4.79 Å². The van der Waals surface area contributed by atoms with Crippen LogP contribution < -0.4 is 0 Å². The molecular formula is C17H28I2O3. The van der Waals surface area contributed by atoms with Crippen molar-refractivity contribution in [2.75, 3.05) is 0 Å². The molecule has 2 rings (SSSR count). The van der Waals surface area contributed by atoms with Crippen molar-refractivity contribution in [1.82, 2.24) is 0 Å². The van der Waals surface area contributed by atoms with Gasteiger partial charge in [-0.05, 0) is 84.7 Å². The van der Waals surface area contributed by atoms with Crippen molar-refractivity contribution in [2.45, 2.75) is 85.3 Å². The fraction of sp³-hybridized carbons (Fsp3) is 0.941. The Morgan fingerprint density at radius 1 is 0.773 bits per heavy atom. The quantitative estimate of drug-likeness (QED) is 0.232. The molecule has 0 radical (unpaired) electrons. The molecule has 0 amide bonds. The summed E-state index contributed by atoms with van der Waals surface area (Å²) in [6.45, 7) is 4.05. The van der Waals surface area contributed by atoms with Crippen LogP contribution in [0.25, 0.3) is 0 Å². The van der Waals surface area contributed by atoms with Crippen LogP contribution in [0.3, 0.4) is 0 Å². The Labute approximate surface area is 161 Å². The Kier molecular flexibility index (Phi) is 7.11. The number of carbonyl (C=O) groups is 1. The maximum Gasteiger partial charge on any atom is 0.510 e. The van der Waals surface area contributed by atoms with E-state index in [0.717, 1.165) is 25.7 Å². The Morgan fingerprint density at radius 3 is 1.41 bits per heavy atom. The van der Waals surface area contributed by atoms with Gasteiger partial charge in [-0.1, -0.05) is 38.5 Å². The normalized spacial score (nSPS) is 26.7. The lowest BCUT2D eigenvalue weighted by Gasteiger charge is -2.37. The van der Waals surface area contributed by atoms with Gasteiger partial charge in [0.2, 0.25) is 0 Å². The minimum Gasteiger partial charge on any atom is -0.417 e. The molecule has 2 unspecified atom stereocenters. The molecular weight excluding hydrogens is 506 g/mol. The summed E-state index contributed by atoms with van der Waals surface area (Å²) in [5.41, 5.74) is 0. The third kappa shape index (κ3) is 5.38. The van der Waals surface area contributed by atoms with E-state index >= 15 is 0 Å². The summed E-state index contributed by atoms with van der Waals surface area (Å²) in [4.78, 5) is 12.3. The lowest BCUT2D eigenvalue weighted by Crippen LogP contribution is -2.40. The Hall–Kier alpha value is 0.730. The molecule has 0 N–H and O–H groups in total. The van der Waals surface area contributed by atoms with Gasteiger partial charge in [0.05, 0.1) is 0 Å². The summed E-state index contributed by atoms with van der Waals surface area (Å²) in [5, 5.41) is 0. The van der Waals surface area contributed by atoms with E-state index in [1.165, 1.54) is 38.5 Å². The zero-order valence-electron chi connectivity index (χ0n) is 13.7. The molecule has 0 bridgehead atoms. The van der Waals surface area contributed by atoms with Crippen LogP contribution in [0.2, 0.25) is 0 Å². The van der Waals surface area contributed by atoms with Gasteiger partial charge >= 0.3 is 6.16 Å². The number of halogens is 2. The molecule has 2 atom stereocenters. The summed E-state index contributed by atoms with van der Waals surface area (Å²) in [6.07, 6.45) is 11.7. The molecule has 0 aliphatic heterocycles. The van der Waals surface area contributed by atoms with Gasteiger partial charge in [-0.3, -0.25) is 0 Å². The van der Waals surface area contributed by atoms with Gasteiger partial charge in [-0.25, -0.2) is 4.79 Å². The summed E-state index contributed by atoms with van der Waals surface area (Å²) >= 11 is 4.58. The van der Waals surface area contributed by atoms with Crippen molar-refractivity contribution in [2.24, 2.45) is 11.8 Å². The zero-order chi connectivity index (χ0) is 16.2. The number of hydrogen-bond acceptors (Lipinski definition) is 3. The fourth-order valence-corrected chi connectivity index (χ4v) is 5.36. The standard InChI is InChI=1S/C17H28I2O3/c1-16(18,13-9-5-3-6-10-13)21-15(20)22-17(2,19)14-11-7-4-8-12-14/h13-14H,3-12H2,1-2H3. The van der Waals surface area contributed by atoms with Crippen LogP contribution in [0.1, 0.15) is 78.1 Å². The molecule has 22 heavy (non-hydrogen) atoms. The molecule has 2 aliphatic carbocycles. The first-order valence-corrected chi connectivity index (χ1v) is 10.8. The van der Waals surface area contributed by atoms with Crippen LogP contribution in [-0.2, 0) is 9.47 Å². The Morgan fingerprint density at radius 2 is 1.09 bits per heavy atom. The Balaban J connectivity index is 1.87. The largest absolute Gasteiger partial charge is 0.510 e. The van der Waals surface area contributed by atoms with Crippen molar-refractivity contribution in [3.63, 3.8) is 0 Å². The van der Waals surface area contributed by atoms with Gasteiger partial charge in [0, 0.05) is 11.8 Å². The SMILES string of the molecule is CC(I)(OC(=O)OC(C)(I)C1CCCCC1)C1CCCCC1. The molecule has 0 aromatic heterocycles. The van der Waals surface area contributed by atoms with Crippen molar-refractivity contribution in [3.05, 3.63) is 0 Å². The van der Waals surface area contributed by atoms with E-state index in [1.54, 1.807) is 0 Å². The first-order valence-electron chi connectivity index (χ1n) is 8.61. The van der Waals surface area contributed by atoms with Crippen LogP contribution in [0.15, 0.2) is 0 Å². The topological polar surface area (TPSA) is 35.5 Å². The third-order valence-corrected chi connectivity index (χ3v) is 7.44. The molecule has 5 heteroatoms. The van der Waals surface area contributed by atoms with Crippen molar-refractivity contribution < 1.29 is 14.3 Å². The summed E-state index contributed by atoms with van der Waals surface area (Å²) in [6, 6.07) is 0. The van der Waals surface area contributed by atoms with Crippen LogP contribution in [-0.4, -0.2) is 13.4 Å². The van der Waals surface area contributed by atoms with E-state index in [4.69, 9.17) is 9.47 Å². The van der Waals surface area contributed by atoms with Gasteiger partial charge in [-0.15, -0.1) is 0 Å². The average molecular weight is 534 g/mol. The number of carbonyl (C=O) groups excluding carboxylic acids is 1. The first kappa shape index (κ1) is 19.1. The molecule has 0 heterocycles. The number of hydrogen-bond donors (Lipinski definition) is 0. The number of ether oxygens (including phenoxy) is 2. The van der Waals surface area contributed by atoms with E-state index in [2.05, 4.69) is 45.2 Å². The number of alkyl halides is 2. The molecule has 0 aromatic carbocycles. The first-order chi connectivity index (χ1) is 10.3. The van der Waals surface area contributed by atoms with E-state index in [9.17, 15) is 4.79 Å². The van der Waals surface area contributed by atoms with Gasteiger partial charge in [-0.2, -0.15) is 0 Å². The van der Waals surface area contributed by atoms with E-state index in [1.807, 2.05) is 13.8 Å². The second-order valence-corrected chi connectivity index (χ2v) is 11.4. The molecule has 0 saturated heterocycles. The lowest BCUT2D eigenvalue weighted by atomic mass is 9.85. The molecule has 2 saturated carbocycles. The summed E-state index contributed by atoms with van der Waals surface area (Å²) in [5.74, 6) is 0.897. The van der Waals surface area contributed by atoms with E-state index in [0.29, 0.717) is 11.8 Å². The summed E-state index contributed by atoms with van der Waals surface area (Å²) < 4.78 is 10.5. The molecule has 2 aliphatic rings. The number of rotatable bonds is 4. The minimum absolute atomic E-state index is 0.449. The second-order valence-electron chi connectivity index (χ2n) is 7.10. The predicted octanol–water partition coefficient (Wildman–Crippen LogP) is 6.60. The monoisotopic (exact) mass is 534 g/mol. The second kappa shape index (κ2) is 8.21. The highest BCUT2D eigenvalue weighted by Gasteiger charge is 2.40. The highest BCUT2D eigenvalue weighted by atomic mass is 127. The fourth-order valence-electron chi connectivity index (χ4n) is 3.75. The maximum atomic E-state index is 12.3. The maximum absolute atomic E-state index is 12.3. The molecule has 2 fully saturated rings. The Bertz CT molecular complexity index is 336. The van der Waals surface area contributed by atoms with Gasteiger partial charge in [0.25, 0.3) is 0 Å². The lowest BCUT2D eigenvalue weighted by molar-refractivity contribution is -0.0414. The van der Waals surface area contributed by atoms with Crippen LogP contribution in [0, 0.1) is 11.8 Å². The van der Waals surface area contributed by atoms with Crippen LogP contribution in [0.5, 0.6) is 0 Å². The van der Waals surface area contributed by atoms with Gasteiger partial charge in [0.1, 0.15) is 0 Å². The van der Waals surface area contributed by atoms with Crippen molar-refractivity contribution in [1.29, 1.82) is 0 Å². The molecule has 3 nitrogen and oxygen atoms in total. The smallest absolute Gasteiger partial charge is 0.417 e. The van der Waals surface area contributed by atoms with Crippen molar-refractivity contribution >= 4 is 51.3 Å². The average Bonchev–Trinajstić information content (AvgIpc) is 2.48. The third-order valence-electron chi connectivity index (χ3n) is 5.23. The van der Waals surface area contributed by atoms with E-state index < -0.39 is 13.4 Å². The summed E-state index contributed by atoms with van der Waals surface area (Å²) in [7, 11) is 0. The van der Waals surface area contributed by atoms with Gasteiger partial charge < -0.3 is 9.47 Å².